The van der Waals surface area contributed by atoms with Gasteiger partial charge in [0.2, 0.25) is 0 Å². The average Bonchev–Trinajstić information content (AvgIpc) is 3.33. The molecule has 17 heteroatoms. The second-order valence-electron chi connectivity index (χ2n) is 21.0. The van der Waals surface area contributed by atoms with Crippen molar-refractivity contribution in [3.05, 3.63) is 0 Å². The Balaban J connectivity index is 1.60. The molecule has 2 saturated heterocycles. The number of phosphoric acid groups is 3. The summed E-state index contributed by atoms with van der Waals surface area (Å²) in [7, 11) is -11.8. The van der Waals surface area contributed by atoms with Crippen molar-refractivity contribution in [2.24, 2.45) is 0 Å². The first kappa shape index (κ1) is 68.7. The fourth-order valence-corrected chi connectivity index (χ4v) is 28.1. The van der Waals surface area contributed by atoms with E-state index in [-0.39, 0.29) is 19.8 Å². The van der Waals surface area contributed by atoms with Crippen LogP contribution in [-0.4, -0.2) is 54.4 Å². The molecule has 0 aromatic heterocycles. The zero-order chi connectivity index (χ0) is 51.1. The molecule has 2 fully saturated rings. The Morgan fingerprint density at radius 1 is 0.296 bits per heavy atom. The third-order valence-corrected chi connectivity index (χ3v) is 34.4. The summed E-state index contributed by atoms with van der Waals surface area (Å²) in [5.74, 6) is 0. The molecule has 0 aliphatic carbocycles. The first-order chi connectivity index (χ1) is 34.8. The first-order valence-electron chi connectivity index (χ1n) is 30.6. The van der Waals surface area contributed by atoms with Gasteiger partial charge in [-0.3, -0.25) is 0 Å². The Kier molecular flexibility index (Phi) is 47.1. The Labute approximate surface area is 451 Å². The number of hydrogen-bond acceptors (Lipinski definition) is 12. The number of rotatable bonds is 58. The van der Waals surface area contributed by atoms with E-state index in [9.17, 15) is 13.7 Å². The molecule has 2 heterocycles. The molecule has 0 spiro atoms. The van der Waals surface area contributed by atoms with Crippen molar-refractivity contribution in [1.29, 1.82) is 0 Å². The van der Waals surface area contributed by atoms with Gasteiger partial charge in [0.05, 0.1) is 0 Å². The summed E-state index contributed by atoms with van der Waals surface area (Å²) in [6.45, 7) is 7.44. The van der Waals surface area contributed by atoms with E-state index in [1.54, 1.807) is 0 Å². The van der Waals surface area contributed by atoms with Crippen LogP contribution < -0.4 is 0 Å². The van der Waals surface area contributed by atoms with Crippen LogP contribution in [0.5, 0.6) is 0 Å². The van der Waals surface area contributed by atoms with E-state index in [0.29, 0.717) is 6.42 Å². The van der Waals surface area contributed by atoms with Crippen molar-refractivity contribution >= 4 is 58.1 Å². The van der Waals surface area contributed by atoms with Crippen LogP contribution in [-0.2, 0) is 47.2 Å². The molecule has 0 radical (unpaired) electrons. The van der Waals surface area contributed by atoms with E-state index >= 15 is 0 Å². The molecule has 0 N–H and O–H groups in total. The van der Waals surface area contributed by atoms with Gasteiger partial charge >= 0.3 is 279 Å². The van der Waals surface area contributed by atoms with Crippen LogP contribution in [0.15, 0.2) is 0 Å². The van der Waals surface area contributed by atoms with Crippen molar-refractivity contribution in [3.8, 4) is 0 Å². The maximum atomic E-state index is 13.9. The topological polar surface area (TPSA) is 134 Å². The molecule has 0 unspecified atom stereocenters. The Morgan fingerprint density at radius 2 is 0.479 bits per heavy atom. The van der Waals surface area contributed by atoms with Gasteiger partial charge < -0.3 is 0 Å². The summed E-state index contributed by atoms with van der Waals surface area (Å²) < 4.78 is 89.9. The van der Waals surface area contributed by atoms with Crippen molar-refractivity contribution in [2.45, 2.75) is 329 Å². The summed E-state index contributed by atoms with van der Waals surface area (Å²) in [4.78, 5) is 0. The molecule has 0 bridgehead atoms. The molecule has 0 atom stereocenters. The maximum absolute atomic E-state index is 13.9. The van der Waals surface area contributed by atoms with Gasteiger partial charge in [-0.15, -0.1) is 0 Å². The molecular formula is C54H111Ga2O12P3. The van der Waals surface area contributed by atoms with Gasteiger partial charge in [-0.25, -0.2) is 0 Å². The monoisotopic (exact) mass is 1180 g/mol. The second kappa shape index (κ2) is 48.7. The molecule has 2 aliphatic heterocycles. The van der Waals surface area contributed by atoms with Crippen molar-refractivity contribution in [3.63, 3.8) is 0 Å². The predicted octanol–water partition coefficient (Wildman–Crippen LogP) is 21.2. The zero-order valence-corrected chi connectivity index (χ0v) is 54.0. The number of unbranched alkanes of at least 4 members (excludes halogenated alkanes) is 45. The summed E-state index contributed by atoms with van der Waals surface area (Å²) in [5.41, 5.74) is 0. The van der Waals surface area contributed by atoms with E-state index in [4.69, 9.17) is 33.5 Å². The third-order valence-electron chi connectivity index (χ3n) is 14.0. The zero-order valence-electron chi connectivity index (χ0n) is 46.5. The Hall–Kier alpha value is 1.60. The van der Waals surface area contributed by atoms with Gasteiger partial charge in [-0.05, 0) is 0 Å². The van der Waals surface area contributed by atoms with E-state index in [1.807, 2.05) is 0 Å². The van der Waals surface area contributed by atoms with Crippen LogP contribution in [0.25, 0.3) is 0 Å². The third kappa shape index (κ3) is 41.3. The van der Waals surface area contributed by atoms with Crippen LogP contribution >= 0.6 is 23.5 Å². The summed E-state index contributed by atoms with van der Waals surface area (Å²) in [5, 5.41) is 0. The standard InChI is InChI=1S/3C18H39O4P.2Ga/c3*1-2-3-4-5-6-7-8-9-10-11-12-13-14-15-16-17-18-22-23(19,20)21;;/h3*2-18H2,1H3,(H2,19,20,21);;/q;;;2*+3/p-6. The molecule has 0 amide bonds. The molecular weight excluding hydrogens is 1070 g/mol. The minimum absolute atomic E-state index is 0.125. The molecule has 2 aliphatic rings. The summed E-state index contributed by atoms with van der Waals surface area (Å²) >= 11 is -7.43. The van der Waals surface area contributed by atoms with Gasteiger partial charge in [-0.2, -0.15) is 0 Å². The first-order valence-corrected chi connectivity index (χ1v) is 40.9. The SMILES string of the molecule is CCCCCCCCCCCCCCCCCCOP1(=O)[O][Ga]([O]P(=O)(OCCCCCCCCCCCCCCCCCC)[O][Ga]2[O]P(=O)(OCCCCCCCCCCCCCCCCCC)[O]2)[O]1. The van der Waals surface area contributed by atoms with E-state index < -0.39 is 58.1 Å². The minimum atomic E-state index is -4.28. The van der Waals surface area contributed by atoms with Gasteiger partial charge in [-0.1, -0.05) is 175 Å². The molecule has 12 nitrogen and oxygen atoms in total. The summed E-state index contributed by atoms with van der Waals surface area (Å²) in [6, 6.07) is 0. The molecule has 2 rings (SSSR count). The van der Waals surface area contributed by atoms with Crippen LogP contribution in [0.4, 0.5) is 0 Å². The van der Waals surface area contributed by atoms with Gasteiger partial charge in [0, 0.05) is 0 Å². The quantitative estimate of drug-likeness (QED) is 0.0326. The van der Waals surface area contributed by atoms with Crippen molar-refractivity contribution in [2.75, 3.05) is 19.8 Å². The molecule has 0 saturated carbocycles. The summed E-state index contributed by atoms with van der Waals surface area (Å²) in [6.07, 6.45) is 60.5. The molecule has 0 aromatic carbocycles. The van der Waals surface area contributed by atoms with Crippen LogP contribution in [0.1, 0.15) is 329 Å². The normalized spacial score (nSPS) is 15.4. The molecule has 420 valence electrons. The average molecular weight is 1180 g/mol. The second-order valence-corrected chi connectivity index (χ2v) is 36.1. The van der Waals surface area contributed by atoms with Crippen LogP contribution in [0, 0.1) is 0 Å². The van der Waals surface area contributed by atoms with Crippen LogP contribution in [0.2, 0.25) is 0 Å². The molecule has 0 aromatic rings. The van der Waals surface area contributed by atoms with E-state index in [0.717, 1.165) is 57.8 Å². The fourth-order valence-electron chi connectivity index (χ4n) is 9.41. The molecule has 71 heavy (non-hydrogen) atoms. The van der Waals surface area contributed by atoms with E-state index in [2.05, 4.69) is 20.8 Å². The van der Waals surface area contributed by atoms with Crippen LogP contribution in [0.3, 0.4) is 0 Å². The number of hydrogen-bond donors (Lipinski definition) is 0. The van der Waals surface area contributed by atoms with Crippen molar-refractivity contribution < 1.29 is 47.2 Å². The Morgan fingerprint density at radius 3 is 0.690 bits per heavy atom. The van der Waals surface area contributed by atoms with Gasteiger partial charge in [0.25, 0.3) is 0 Å². The van der Waals surface area contributed by atoms with E-state index in [1.165, 1.54) is 244 Å². The van der Waals surface area contributed by atoms with Crippen molar-refractivity contribution in [1.82, 2.24) is 0 Å². The Bertz CT molecular complexity index is 1230. The van der Waals surface area contributed by atoms with Gasteiger partial charge in [0.1, 0.15) is 0 Å². The fraction of sp³-hybridized carbons (Fsp3) is 1.00. The van der Waals surface area contributed by atoms with Gasteiger partial charge in [0.15, 0.2) is 0 Å². The predicted molar refractivity (Wildman–Crippen MR) is 297 cm³/mol.